The summed E-state index contributed by atoms with van der Waals surface area (Å²) in [6.45, 7) is 2.96. The Morgan fingerprint density at radius 3 is 2.90 bits per heavy atom. The number of hydrogen-bond acceptors (Lipinski definition) is 5. The molecule has 4 heterocycles. The summed E-state index contributed by atoms with van der Waals surface area (Å²) in [6.07, 6.45) is 2.49. The molecule has 3 aromatic heterocycles. The maximum atomic E-state index is 12.4. The van der Waals surface area contributed by atoms with Crippen molar-refractivity contribution in [2.75, 3.05) is 13.1 Å². The van der Waals surface area contributed by atoms with Gasteiger partial charge < -0.3 is 4.98 Å². The van der Waals surface area contributed by atoms with Crippen molar-refractivity contribution in [1.82, 2.24) is 14.9 Å². The number of fused-ring (bicyclic) bond motifs is 1. The first-order valence-corrected chi connectivity index (χ1v) is 8.84. The number of nitrogens with one attached hydrogen (secondary N) is 1. The Hall–Kier alpha value is -1.50. The summed E-state index contributed by atoms with van der Waals surface area (Å²) in [6, 6.07) is 4.05. The Labute approximate surface area is 130 Å². The van der Waals surface area contributed by atoms with Gasteiger partial charge in [-0.2, -0.15) is 0 Å². The van der Waals surface area contributed by atoms with Gasteiger partial charge in [0.05, 0.1) is 11.9 Å². The predicted octanol–water partition coefficient (Wildman–Crippen LogP) is 3.31. The summed E-state index contributed by atoms with van der Waals surface area (Å²) in [4.78, 5) is 24.4. The Balaban J connectivity index is 1.76. The van der Waals surface area contributed by atoms with E-state index in [0.717, 1.165) is 46.1 Å². The number of likely N-dealkylation sites (tertiary alicyclic amines) is 1. The first kappa shape index (κ1) is 13.2. The van der Waals surface area contributed by atoms with E-state index in [1.807, 2.05) is 22.9 Å². The third-order valence-corrected chi connectivity index (χ3v) is 5.63. The summed E-state index contributed by atoms with van der Waals surface area (Å²) >= 11 is 3.21. The van der Waals surface area contributed by atoms with Crippen molar-refractivity contribution in [2.45, 2.75) is 19.4 Å². The van der Waals surface area contributed by atoms with E-state index in [1.165, 1.54) is 12.8 Å². The van der Waals surface area contributed by atoms with Crippen molar-refractivity contribution in [1.29, 1.82) is 0 Å². The molecular formula is C15H15N3OS2. The van der Waals surface area contributed by atoms with E-state index < -0.39 is 0 Å². The number of aromatic nitrogens is 2. The average Bonchev–Trinajstić information content (AvgIpc) is 3.19. The Morgan fingerprint density at radius 1 is 1.29 bits per heavy atom. The van der Waals surface area contributed by atoms with Gasteiger partial charge in [-0.05, 0) is 37.4 Å². The molecule has 1 saturated heterocycles. The van der Waals surface area contributed by atoms with Crippen LogP contribution in [0.1, 0.15) is 18.7 Å². The number of rotatable bonds is 3. The fourth-order valence-corrected chi connectivity index (χ4v) is 4.62. The molecular weight excluding hydrogens is 302 g/mol. The normalized spacial score (nSPS) is 16.0. The van der Waals surface area contributed by atoms with E-state index >= 15 is 0 Å². The highest BCUT2D eigenvalue weighted by molar-refractivity contribution is 7.18. The van der Waals surface area contributed by atoms with Crippen LogP contribution >= 0.6 is 22.7 Å². The lowest BCUT2D eigenvalue weighted by atomic mass is 10.2. The highest BCUT2D eigenvalue weighted by atomic mass is 32.1. The molecule has 1 aliphatic heterocycles. The van der Waals surface area contributed by atoms with Crippen LogP contribution in [0, 0.1) is 0 Å². The van der Waals surface area contributed by atoms with Crippen LogP contribution in [0.3, 0.4) is 0 Å². The number of thiophene rings is 2. The summed E-state index contributed by atoms with van der Waals surface area (Å²) in [5.74, 6) is 0.786. The van der Waals surface area contributed by atoms with Crippen molar-refractivity contribution < 1.29 is 0 Å². The lowest BCUT2D eigenvalue weighted by molar-refractivity contribution is 0.322. The van der Waals surface area contributed by atoms with Crippen LogP contribution in [0.4, 0.5) is 0 Å². The van der Waals surface area contributed by atoms with Gasteiger partial charge >= 0.3 is 0 Å². The lowest BCUT2D eigenvalue weighted by Crippen LogP contribution is -2.22. The molecule has 0 aliphatic carbocycles. The van der Waals surface area contributed by atoms with E-state index in [0.29, 0.717) is 0 Å². The van der Waals surface area contributed by atoms with Crippen molar-refractivity contribution >= 4 is 32.9 Å². The third kappa shape index (κ3) is 2.43. The van der Waals surface area contributed by atoms with Gasteiger partial charge in [0.25, 0.3) is 5.56 Å². The molecule has 0 unspecified atom stereocenters. The van der Waals surface area contributed by atoms with Gasteiger partial charge in [0, 0.05) is 15.8 Å². The molecule has 6 heteroatoms. The zero-order valence-corrected chi connectivity index (χ0v) is 13.1. The van der Waals surface area contributed by atoms with Crippen molar-refractivity contribution in [3.8, 4) is 10.4 Å². The molecule has 1 fully saturated rings. The van der Waals surface area contributed by atoms with Crippen LogP contribution in [-0.4, -0.2) is 28.0 Å². The maximum Gasteiger partial charge on any atom is 0.260 e. The van der Waals surface area contributed by atoms with Gasteiger partial charge in [-0.15, -0.1) is 22.7 Å². The Kier molecular flexibility index (Phi) is 3.37. The second-order valence-corrected chi connectivity index (χ2v) is 7.11. The van der Waals surface area contributed by atoms with E-state index in [2.05, 4.69) is 14.9 Å². The van der Waals surface area contributed by atoms with E-state index in [9.17, 15) is 4.79 Å². The fraction of sp³-hybridized carbons (Fsp3) is 0.333. The second-order valence-electron chi connectivity index (χ2n) is 5.30. The van der Waals surface area contributed by atoms with Gasteiger partial charge in [0.1, 0.15) is 10.7 Å². The summed E-state index contributed by atoms with van der Waals surface area (Å²) < 4.78 is 0. The number of hydrogen-bond donors (Lipinski definition) is 1. The molecule has 1 aliphatic rings. The van der Waals surface area contributed by atoms with Crippen LogP contribution in [0.25, 0.3) is 20.7 Å². The van der Waals surface area contributed by atoms with E-state index in [1.54, 1.807) is 22.7 Å². The topological polar surface area (TPSA) is 49.0 Å². The molecule has 0 amide bonds. The standard InChI is InChI=1S/C15H15N3OS2/c19-14-13-10(11-4-3-7-20-11)9-21-15(13)17-12(16-14)8-18-5-1-2-6-18/h3-4,7,9H,1-2,5-6,8H2,(H,16,17,19). The minimum atomic E-state index is -0.0150. The third-order valence-electron chi connectivity index (χ3n) is 3.85. The fourth-order valence-electron chi connectivity index (χ4n) is 2.83. The molecule has 4 rings (SSSR count). The maximum absolute atomic E-state index is 12.4. The van der Waals surface area contributed by atoms with Gasteiger partial charge in [-0.3, -0.25) is 9.69 Å². The van der Waals surface area contributed by atoms with Crippen LogP contribution in [0.15, 0.2) is 27.7 Å². The number of H-pyrrole nitrogens is 1. The highest BCUT2D eigenvalue weighted by Crippen LogP contribution is 2.33. The van der Waals surface area contributed by atoms with Crippen LogP contribution in [-0.2, 0) is 6.54 Å². The molecule has 0 radical (unpaired) electrons. The largest absolute Gasteiger partial charge is 0.309 e. The Morgan fingerprint density at radius 2 is 2.14 bits per heavy atom. The summed E-state index contributed by atoms with van der Waals surface area (Å²) in [5.41, 5.74) is 0.991. The van der Waals surface area contributed by atoms with Crippen molar-refractivity contribution in [3.63, 3.8) is 0 Å². The van der Waals surface area contributed by atoms with Gasteiger partial charge in [0.2, 0.25) is 0 Å². The average molecular weight is 317 g/mol. The van der Waals surface area contributed by atoms with Gasteiger partial charge in [-0.25, -0.2) is 4.98 Å². The molecule has 21 heavy (non-hydrogen) atoms. The quantitative estimate of drug-likeness (QED) is 0.806. The smallest absolute Gasteiger partial charge is 0.260 e. The highest BCUT2D eigenvalue weighted by Gasteiger charge is 2.16. The summed E-state index contributed by atoms with van der Waals surface area (Å²) in [5, 5.41) is 4.80. The number of aromatic amines is 1. The molecule has 0 atom stereocenters. The van der Waals surface area contributed by atoms with E-state index in [4.69, 9.17) is 0 Å². The molecule has 108 valence electrons. The minimum Gasteiger partial charge on any atom is -0.309 e. The van der Waals surface area contributed by atoms with E-state index in [-0.39, 0.29) is 5.56 Å². The van der Waals surface area contributed by atoms with Crippen LogP contribution < -0.4 is 5.56 Å². The first-order chi connectivity index (χ1) is 10.3. The lowest BCUT2D eigenvalue weighted by Gasteiger charge is -2.13. The molecule has 0 spiro atoms. The van der Waals surface area contributed by atoms with Crippen LogP contribution in [0.5, 0.6) is 0 Å². The molecule has 1 N–H and O–H groups in total. The molecule has 3 aromatic rings. The number of nitrogens with zero attached hydrogens (tertiary/aromatic N) is 2. The Bertz CT molecular complexity index is 813. The summed E-state index contributed by atoms with van der Waals surface area (Å²) in [7, 11) is 0. The van der Waals surface area contributed by atoms with Crippen molar-refractivity contribution in [3.05, 3.63) is 39.1 Å². The minimum absolute atomic E-state index is 0.0150. The van der Waals surface area contributed by atoms with Gasteiger partial charge in [-0.1, -0.05) is 6.07 Å². The monoisotopic (exact) mass is 317 g/mol. The molecule has 0 bridgehead atoms. The zero-order chi connectivity index (χ0) is 14.2. The zero-order valence-electron chi connectivity index (χ0n) is 11.5. The van der Waals surface area contributed by atoms with Crippen molar-refractivity contribution in [2.24, 2.45) is 0 Å². The van der Waals surface area contributed by atoms with Crippen LogP contribution in [0.2, 0.25) is 0 Å². The molecule has 0 saturated carbocycles. The second kappa shape index (κ2) is 5.36. The molecule has 0 aromatic carbocycles. The SMILES string of the molecule is O=c1[nH]c(CN2CCCC2)nc2scc(-c3cccs3)c12. The molecule has 4 nitrogen and oxygen atoms in total. The van der Waals surface area contributed by atoms with Gasteiger partial charge in [0.15, 0.2) is 0 Å². The predicted molar refractivity (Wildman–Crippen MR) is 88.1 cm³/mol. The first-order valence-electron chi connectivity index (χ1n) is 7.08.